The molecule has 0 aromatic carbocycles. The van der Waals surface area contributed by atoms with Crippen LogP contribution in [0.25, 0.3) is 10.3 Å². The van der Waals surface area contributed by atoms with Crippen LogP contribution in [0.2, 0.25) is 0 Å². The lowest BCUT2D eigenvalue weighted by molar-refractivity contribution is -0.140. The van der Waals surface area contributed by atoms with E-state index in [1.54, 1.807) is 32.2 Å². The van der Waals surface area contributed by atoms with Crippen molar-refractivity contribution >= 4 is 33.6 Å². The van der Waals surface area contributed by atoms with Crippen molar-refractivity contribution in [1.29, 1.82) is 0 Å². The first-order valence-corrected chi connectivity index (χ1v) is 6.56. The number of carbonyl (C=O) groups is 2. The van der Waals surface area contributed by atoms with Gasteiger partial charge in [-0.15, -0.1) is 0 Å². The Hall–Kier alpha value is -2.02. The standard InChI is InChI=1S/C12H13N3O3S/c1-6(2)8(12(17)18)15-9(16)11-14-7-4-3-5-13-10(7)19-11/h3-6,8H,1-2H3,(H,15,16)(H,17,18)/t8-/m1/s1. The van der Waals surface area contributed by atoms with Gasteiger partial charge < -0.3 is 10.4 Å². The molecule has 0 saturated heterocycles. The molecule has 0 aliphatic rings. The number of fused-ring (bicyclic) bond motifs is 1. The van der Waals surface area contributed by atoms with Crippen LogP contribution in [0, 0.1) is 5.92 Å². The van der Waals surface area contributed by atoms with Crippen LogP contribution in [0.1, 0.15) is 23.6 Å². The van der Waals surface area contributed by atoms with Crippen LogP contribution in [-0.4, -0.2) is 33.0 Å². The van der Waals surface area contributed by atoms with Crippen LogP contribution < -0.4 is 5.32 Å². The van der Waals surface area contributed by atoms with Gasteiger partial charge >= 0.3 is 5.97 Å². The number of pyridine rings is 1. The zero-order chi connectivity index (χ0) is 14.0. The number of hydrogen-bond acceptors (Lipinski definition) is 5. The van der Waals surface area contributed by atoms with E-state index in [0.717, 1.165) is 11.3 Å². The highest BCUT2D eigenvalue weighted by atomic mass is 32.1. The van der Waals surface area contributed by atoms with Crippen molar-refractivity contribution in [2.24, 2.45) is 5.92 Å². The van der Waals surface area contributed by atoms with Crippen molar-refractivity contribution in [1.82, 2.24) is 15.3 Å². The summed E-state index contributed by atoms with van der Waals surface area (Å²) in [6, 6.07) is 2.57. The van der Waals surface area contributed by atoms with Gasteiger partial charge in [0.25, 0.3) is 5.91 Å². The maximum atomic E-state index is 12.0. The number of aromatic nitrogens is 2. The quantitative estimate of drug-likeness (QED) is 0.885. The number of nitrogens with zero attached hydrogens (tertiary/aromatic N) is 2. The largest absolute Gasteiger partial charge is 0.480 e. The van der Waals surface area contributed by atoms with Crippen LogP contribution >= 0.6 is 11.3 Å². The smallest absolute Gasteiger partial charge is 0.326 e. The first-order valence-electron chi connectivity index (χ1n) is 5.74. The number of carbonyl (C=O) groups excluding carboxylic acids is 1. The predicted octanol–water partition coefficient (Wildman–Crippen LogP) is 1.53. The number of nitrogens with one attached hydrogen (secondary N) is 1. The van der Waals surface area contributed by atoms with E-state index in [1.165, 1.54) is 0 Å². The van der Waals surface area contributed by atoms with E-state index >= 15 is 0 Å². The third-order valence-electron chi connectivity index (χ3n) is 2.58. The number of rotatable bonds is 4. The van der Waals surface area contributed by atoms with Gasteiger partial charge in [0.05, 0.1) is 0 Å². The molecule has 2 aromatic rings. The van der Waals surface area contributed by atoms with E-state index in [1.807, 2.05) is 0 Å². The zero-order valence-corrected chi connectivity index (χ0v) is 11.3. The molecule has 0 aliphatic heterocycles. The van der Waals surface area contributed by atoms with Crippen molar-refractivity contribution in [3.63, 3.8) is 0 Å². The predicted molar refractivity (Wildman–Crippen MR) is 71.1 cm³/mol. The normalized spacial score (nSPS) is 12.6. The fraction of sp³-hybridized carbons (Fsp3) is 0.333. The third-order valence-corrected chi connectivity index (χ3v) is 3.56. The number of aliphatic carboxylic acids is 1. The molecule has 19 heavy (non-hydrogen) atoms. The zero-order valence-electron chi connectivity index (χ0n) is 10.5. The van der Waals surface area contributed by atoms with Crippen molar-refractivity contribution in [3.8, 4) is 0 Å². The lowest BCUT2D eigenvalue weighted by atomic mass is 10.1. The summed E-state index contributed by atoms with van der Waals surface area (Å²) in [7, 11) is 0. The van der Waals surface area contributed by atoms with E-state index in [-0.39, 0.29) is 10.9 Å². The molecule has 6 nitrogen and oxygen atoms in total. The summed E-state index contributed by atoms with van der Waals surface area (Å²) in [5, 5.41) is 11.7. The van der Waals surface area contributed by atoms with Gasteiger partial charge in [-0.05, 0) is 18.1 Å². The van der Waals surface area contributed by atoms with Crippen LogP contribution in [-0.2, 0) is 4.79 Å². The second-order valence-corrected chi connectivity index (χ2v) is 5.36. The Morgan fingerprint density at radius 3 is 2.74 bits per heavy atom. The summed E-state index contributed by atoms with van der Waals surface area (Å²) in [4.78, 5) is 31.9. The molecule has 2 N–H and O–H groups in total. The molecule has 0 saturated carbocycles. The third kappa shape index (κ3) is 2.87. The maximum Gasteiger partial charge on any atom is 0.326 e. The molecular formula is C12H13N3O3S. The average molecular weight is 279 g/mol. The van der Waals surface area contributed by atoms with Gasteiger partial charge in [0, 0.05) is 6.20 Å². The van der Waals surface area contributed by atoms with Crippen molar-refractivity contribution in [2.45, 2.75) is 19.9 Å². The molecule has 0 unspecified atom stereocenters. The Morgan fingerprint density at radius 1 is 1.42 bits per heavy atom. The van der Waals surface area contributed by atoms with E-state index < -0.39 is 17.9 Å². The highest BCUT2D eigenvalue weighted by Gasteiger charge is 2.25. The molecule has 7 heteroatoms. The van der Waals surface area contributed by atoms with Crippen molar-refractivity contribution in [2.75, 3.05) is 0 Å². The van der Waals surface area contributed by atoms with Crippen LogP contribution in [0.15, 0.2) is 18.3 Å². The van der Waals surface area contributed by atoms with Crippen LogP contribution in [0.5, 0.6) is 0 Å². The van der Waals surface area contributed by atoms with Crippen LogP contribution in [0.4, 0.5) is 0 Å². The second-order valence-electron chi connectivity index (χ2n) is 4.38. The molecule has 0 spiro atoms. The van der Waals surface area contributed by atoms with Gasteiger partial charge in [0.2, 0.25) is 0 Å². The number of thiazole rings is 1. The molecule has 0 fully saturated rings. The summed E-state index contributed by atoms with van der Waals surface area (Å²) in [5.41, 5.74) is 0.633. The Labute approximate surface area is 113 Å². The molecule has 1 amide bonds. The Kier molecular flexibility index (Phi) is 3.75. The number of amides is 1. The highest BCUT2D eigenvalue weighted by molar-refractivity contribution is 7.19. The molecule has 0 bridgehead atoms. The molecule has 2 heterocycles. The van der Waals surface area contributed by atoms with E-state index in [2.05, 4.69) is 15.3 Å². The molecule has 100 valence electrons. The molecule has 0 aliphatic carbocycles. The second kappa shape index (κ2) is 5.31. The number of hydrogen-bond donors (Lipinski definition) is 2. The van der Waals surface area contributed by atoms with E-state index in [4.69, 9.17) is 5.11 Å². The van der Waals surface area contributed by atoms with Gasteiger partial charge in [-0.1, -0.05) is 25.2 Å². The van der Waals surface area contributed by atoms with Crippen LogP contribution in [0.3, 0.4) is 0 Å². The Balaban J connectivity index is 2.21. The monoisotopic (exact) mass is 279 g/mol. The minimum atomic E-state index is -1.05. The van der Waals surface area contributed by atoms with Gasteiger partial charge in [0.1, 0.15) is 16.4 Å². The molecular weight excluding hydrogens is 266 g/mol. The van der Waals surface area contributed by atoms with Gasteiger partial charge in [-0.25, -0.2) is 14.8 Å². The first kappa shape index (κ1) is 13.4. The lowest BCUT2D eigenvalue weighted by Crippen LogP contribution is -2.44. The highest BCUT2D eigenvalue weighted by Crippen LogP contribution is 2.19. The van der Waals surface area contributed by atoms with Crippen molar-refractivity contribution < 1.29 is 14.7 Å². The summed E-state index contributed by atoms with van der Waals surface area (Å²) in [6.45, 7) is 3.47. The van der Waals surface area contributed by atoms with Gasteiger partial charge in [0.15, 0.2) is 5.01 Å². The molecule has 1 atom stereocenters. The van der Waals surface area contributed by atoms with Crippen molar-refractivity contribution in [3.05, 3.63) is 23.3 Å². The SMILES string of the molecule is CC(C)[C@@H](NC(=O)c1nc2cccnc2s1)C(=O)O. The average Bonchev–Trinajstić information content (AvgIpc) is 2.78. The maximum absolute atomic E-state index is 12.0. The molecule has 2 rings (SSSR count). The van der Waals surface area contributed by atoms with E-state index in [0.29, 0.717) is 10.3 Å². The van der Waals surface area contributed by atoms with Gasteiger partial charge in [-0.2, -0.15) is 0 Å². The summed E-state index contributed by atoms with van der Waals surface area (Å²) < 4.78 is 0. The molecule has 0 radical (unpaired) electrons. The fourth-order valence-corrected chi connectivity index (χ4v) is 2.39. The topological polar surface area (TPSA) is 92.2 Å². The summed E-state index contributed by atoms with van der Waals surface area (Å²) >= 11 is 1.14. The van der Waals surface area contributed by atoms with Gasteiger partial charge in [-0.3, -0.25) is 4.79 Å². The Bertz CT molecular complexity index is 590. The number of carboxylic acids is 1. The number of carboxylic acid groups (broad SMARTS) is 1. The first-order chi connectivity index (χ1) is 8.99. The summed E-state index contributed by atoms with van der Waals surface area (Å²) in [6.07, 6.45) is 1.62. The lowest BCUT2D eigenvalue weighted by Gasteiger charge is -2.16. The summed E-state index contributed by atoms with van der Waals surface area (Å²) in [5.74, 6) is -1.74. The molecule has 2 aromatic heterocycles. The minimum Gasteiger partial charge on any atom is -0.480 e. The minimum absolute atomic E-state index is 0.200. The Morgan fingerprint density at radius 2 is 2.16 bits per heavy atom. The fourth-order valence-electron chi connectivity index (χ4n) is 1.58. The van der Waals surface area contributed by atoms with E-state index in [9.17, 15) is 9.59 Å².